The van der Waals surface area contributed by atoms with Crippen molar-refractivity contribution in [3.63, 3.8) is 0 Å². The van der Waals surface area contributed by atoms with Gasteiger partial charge in [0.1, 0.15) is 11.8 Å². The van der Waals surface area contributed by atoms with Crippen LogP contribution in [0.3, 0.4) is 0 Å². The Hall–Kier alpha value is -2.49. The Morgan fingerprint density at radius 1 is 1.05 bits per heavy atom. The molecular weight excluding hydrogens is 537 g/mol. The van der Waals surface area contributed by atoms with Crippen molar-refractivity contribution in [3.05, 3.63) is 58.1 Å². The molecule has 0 bridgehead atoms. The molecule has 37 heavy (non-hydrogen) atoms. The van der Waals surface area contributed by atoms with Gasteiger partial charge in [0.05, 0.1) is 19.1 Å². The molecule has 2 aromatic carbocycles. The number of ether oxygens (including phenoxy) is 1. The van der Waals surface area contributed by atoms with E-state index < -0.39 is 16.1 Å². The summed E-state index contributed by atoms with van der Waals surface area (Å²) >= 11 is 12.7. The predicted molar refractivity (Wildman–Crippen MR) is 149 cm³/mol. The quantitative estimate of drug-likeness (QED) is 0.369. The molecule has 0 unspecified atom stereocenters. The van der Waals surface area contributed by atoms with Crippen LogP contribution in [0, 0.1) is 0 Å². The van der Waals surface area contributed by atoms with Crippen molar-refractivity contribution >= 4 is 50.7 Å². The van der Waals surface area contributed by atoms with Crippen molar-refractivity contribution in [3.8, 4) is 5.75 Å². The second-order valence-corrected chi connectivity index (χ2v) is 11.5. The molecule has 2 rings (SSSR count). The highest BCUT2D eigenvalue weighted by Crippen LogP contribution is 2.30. The number of benzene rings is 2. The molecule has 0 aliphatic rings. The summed E-state index contributed by atoms with van der Waals surface area (Å²) in [4.78, 5) is 27.8. The number of carbonyl (C=O) groups excluding carboxylic acids is 2. The van der Waals surface area contributed by atoms with Crippen molar-refractivity contribution < 1.29 is 22.7 Å². The molecule has 0 saturated heterocycles. The van der Waals surface area contributed by atoms with Crippen LogP contribution in [0.4, 0.5) is 5.69 Å². The maximum atomic E-state index is 13.4. The minimum absolute atomic E-state index is 0.00416. The Balaban J connectivity index is 2.26. The molecule has 8 nitrogen and oxygen atoms in total. The lowest BCUT2D eigenvalue weighted by molar-refractivity contribution is -0.140. The summed E-state index contributed by atoms with van der Waals surface area (Å²) in [6.45, 7) is 5.59. The van der Waals surface area contributed by atoms with Gasteiger partial charge in [0.25, 0.3) is 0 Å². The van der Waals surface area contributed by atoms with E-state index in [0.29, 0.717) is 27.0 Å². The number of sulfonamides is 1. The Morgan fingerprint density at radius 3 is 2.24 bits per heavy atom. The Labute approximate surface area is 229 Å². The molecule has 0 saturated carbocycles. The van der Waals surface area contributed by atoms with Gasteiger partial charge < -0.3 is 15.0 Å². The summed E-state index contributed by atoms with van der Waals surface area (Å²) in [7, 11) is -2.18. The number of methoxy groups -OCH3 is 1. The van der Waals surface area contributed by atoms with Crippen molar-refractivity contribution in [2.45, 2.75) is 58.7 Å². The number of halogens is 2. The van der Waals surface area contributed by atoms with Crippen molar-refractivity contribution in [1.82, 2.24) is 10.2 Å². The lowest BCUT2D eigenvalue weighted by atomic mass is 10.1. The van der Waals surface area contributed by atoms with Crippen LogP contribution < -0.4 is 14.4 Å². The fraction of sp³-hybridized carbons (Fsp3) is 0.462. The summed E-state index contributed by atoms with van der Waals surface area (Å²) in [5, 5.41) is 3.68. The molecule has 0 aliphatic carbocycles. The summed E-state index contributed by atoms with van der Waals surface area (Å²) in [5.41, 5.74) is 0.926. The van der Waals surface area contributed by atoms with Crippen LogP contribution in [0.2, 0.25) is 10.0 Å². The molecule has 0 heterocycles. The molecule has 2 aromatic rings. The highest BCUT2D eigenvalue weighted by molar-refractivity contribution is 7.92. The van der Waals surface area contributed by atoms with Crippen LogP contribution in [0.25, 0.3) is 0 Å². The SMILES string of the molecule is CC[C@@H](C)NC(=O)[C@H](C)N(Cc1c(Cl)cccc1Cl)C(=O)CCCN(c1ccccc1OC)S(C)(=O)=O. The lowest BCUT2D eigenvalue weighted by Gasteiger charge is -2.31. The number of rotatable bonds is 13. The highest BCUT2D eigenvalue weighted by atomic mass is 35.5. The molecule has 0 radical (unpaired) electrons. The van der Waals surface area contributed by atoms with E-state index in [-0.39, 0.29) is 43.8 Å². The van der Waals surface area contributed by atoms with Gasteiger partial charge in [-0.2, -0.15) is 0 Å². The molecule has 0 fully saturated rings. The number of anilines is 1. The van der Waals surface area contributed by atoms with Crippen LogP contribution in [-0.2, 0) is 26.2 Å². The van der Waals surface area contributed by atoms with Gasteiger partial charge in [-0.25, -0.2) is 8.42 Å². The van der Waals surface area contributed by atoms with Crippen molar-refractivity contribution in [2.24, 2.45) is 0 Å². The van der Waals surface area contributed by atoms with Crippen LogP contribution in [0.1, 0.15) is 45.6 Å². The van der Waals surface area contributed by atoms with Gasteiger partial charge in [-0.15, -0.1) is 0 Å². The third kappa shape index (κ3) is 8.51. The second kappa shape index (κ2) is 13.9. The summed E-state index contributed by atoms with van der Waals surface area (Å²) in [6.07, 6.45) is 2.07. The number of hydrogen-bond donors (Lipinski definition) is 1. The summed E-state index contributed by atoms with van der Waals surface area (Å²) in [5.74, 6) is -0.210. The first kappa shape index (κ1) is 30.7. The van der Waals surface area contributed by atoms with E-state index in [2.05, 4.69) is 5.32 Å². The number of hydrogen-bond acceptors (Lipinski definition) is 5. The smallest absolute Gasteiger partial charge is 0.242 e. The first-order chi connectivity index (χ1) is 17.4. The maximum absolute atomic E-state index is 13.4. The predicted octanol–water partition coefficient (Wildman–Crippen LogP) is 4.88. The third-order valence-electron chi connectivity index (χ3n) is 6.06. The highest BCUT2D eigenvalue weighted by Gasteiger charge is 2.28. The van der Waals surface area contributed by atoms with Gasteiger partial charge >= 0.3 is 0 Å². The molecule has 0 aromatic heterocycles. The maximum Gasteiger partial charge on any atom is 0.242 e. The standard InChI is InChI=1S/C26H35Cl2N3O5S/c1-6-18(2)29-26(33)19(3)30(17-20-21(27)11-9-12-22(20)28)25(32)15-10-16-31(37(5,34)35)23-13-7-8-14-24(23)36-4/h7-9,11-14,18-19H,6,10,15-17H2,1-5H3,(H,29,33)/t18-,19+/m1/s1. The zero-order valence-corrected chi connectivity index (χ0v) is 24.2. The summed E-state index contributed by atoms with van der Waals surface area (Å²) < 4.78 is 31.6. The van der Waals surface area contributed by atoms with Crippen LogP contribution in [0.15, 0.2) is 42.5 Å². The van der Waals surface area contributed by atoms with Gasteiger partial charge in [0.2, 0.25) is 21.8 Å². The molecular formula is C26H35Cl2N3O5S. The Bertz CT molecular complexity index is 1170. The molecule has 1 N–H and O–H groups in total. The van der Waals surface area contributed by atoms with E-state index in [1.807, 2.05) is 13.8 Å². The number of nitrogens with zero attached hydrogens (tertiary/aromatic N) is 2. The van der Waals surface area contributed by atoms with E-state index >= 15 is 0 Å². The average molecular weight is 573 g/mol. The first-order valence-electron chi connectivity index (χ1n) is 12.0. The van der Waals surface area contributed by atoms with Crippen LogP contribution >= 0.6 is 23.2 Å². The Morgan fingerprint density at radius 2 is 1.68 bits per heavy atom. The van der Waals surface area contributed by atoms with Crippen LogP contribution in [0.5, 0.6) is 5.75 Å². The third-order valence-corrected chi connectivity index (χ3v) is 7.95. The van der Waals surface area contributed by atoms with E-state index in [1.165, 1.54) is 16.3 Å². The molecule has 11 heteroatoms. The topological polar surface area (TPSA) is 96.0 Å². The lowest BCUT2D eigenvalue weighted by Crippen LogP contribution is -2.49. The van der Waals surface area contributed by atoms with E-state index in [9.17, 15) is 18.0 Å². The molecule has 2 amide bonds. The number of para-hydroxylation sites is 2. The normalized spacial score (nSPS) is 12.9. The second-order valence-electron chi connectivity index (χ2n) is 8.83. The monoisotopic (exact) mass is 571 g/mol. The van der Waals surface area contributed by atoms with Crippen molar-refractivity contribution in [2.75, 3.05) is 24.2 Å². The van der Waals surface area contributed by atoms with E-state index in [4.69, 9.17) is 27.9 Å². The zero-order chi connectivity index (χ0) is 27.8. The summed E-state index contributed by atoms with van der Waals surface area (Å²) in [6, 6.07) is 11.0. The minimum Gasteiger partial charge on any atom is -0.495 e. The van der Waals surface area contributed by atoms with Gasteiger partial charge in [-0.05, 0) is 51.0 Å². The van der Waals surface area contributed by atoms with E-state index in [1.54, 1.807) is 49.4 Å². The fourth-order valence-corrected chi connectivity index (χ4v) is 5.21. The number of nitrogens with one attached hydrogen (secondary N) is 1. The number of amides is 2. The molecule has 0 spiro atoms. The van der Waals surface area contributed by atoms with Crippen LogP contribution in [-0.4, -0.2) is 57.1 Å². The largest absolute Gasteiger partial charge is 0.495 e. The fourth-order valence-electron chi connectivity index (χ4n) is 3.72. The average Bonchev–Trinajstić information content (AvgIpc) is 2.85. The zero-order valence-electron chi connectivity index (χ0n) is 21.8. The van der Waals surface area contributed by atoms with Gasteiger partial charge in [0.15, 0.2) is 0 Å². The minimum atomic E-state index is -3.65. The molecule has 0 aliphatic heterocycles. The van der Waals surface area contributed by atoms with Crippen molar-refractivity contribution in [1.29, 1.82) is 0 Å². The molecule has 2 atom stereocenters. The number of carbonyl (C=O) groups is 2. The van der Waals surface area contributed by atoms with Gasteiger partial charge in [0, 0.05) is 41.2 Å². The van der Waals surface area contributed by atoms with Gasteiger partial charge in [-0.1, -0.05) is 48.3 Å². The van der Waals surface area contributed by atoms with E-state index in [0.717, 1.165) is 12.7 Å². The van der Waals surface area contributed by atoms with Gasteiger partial charge in [-0.3, -0.25) is 13.9 Å². The first-order valence-corrected chi connectivity index (χ1v) is 14.6. The Kier molecular flexibility index (Phi) is 11.5. The molecule has 204 valence electrons.